The maximum atomic E-state index is 12.9. The zero-order chi connectivity index (χ0) is 19.6. The third-order valence-corrected chi connectivity index (χ3v) is 6.94. The molecule has 1 aliphatic rings. The highest BCUT2D eigenvalue weighted by Crippen LogP contribution is 2.28. The molecule has 0 amide bonds. The Morgan fingerprint density at radius 3 is 2.59 bits per heavy atom. The van der Waals surface area contributed by atoms with Gasteiger partial charge in [-0.25, -0.2) is 8.42 Å². The lowest BCUT2D eigenvalue weighted by Gasteiger charge is -2.23. The van der Waals surface area contributed by atoms with E-state index in [0.29, 0.717) is 24.4 Å². The van der Waals surface area contributed by atoms with Crippen LogP contribution in [0.3, 0.4) is 0 Å². The first kappa shape index (κ1) is 19.9. The van der Waals surface area contributed by atoms with Crippen LogP contribution in [-0.2, 0) is 26.2 Å². The fraction of sp³-hybridized carbons (Fsp3) is 0.350. The Morgan fingerprint density at radius 1 is 1.19 bits per heavy atom. The number of hydrogen-bond donors (Lipinski definition) is 0. The molecule has 0 saturated carbocycles. The predicted octanol–water partition coefficient (Wildman–Crippen LogP) is 3.85. The number of carbonyl (C=O) groups is 1. The van der Waals surface area contributed by atoms with Gasteiger partial charge in [-0.1, -0.05) is 35.4 Å². The van der Waals surface area contributed by atoms with Crippen LogP contribution in [0.4, 0.5) is 0 Å². The van der Waals surface area contributed by atoms with Crippen molar-refractivity contribution in [2.45, 2.75) is 44.2 Å². The number of nitrogens with zero attached hydrogens (tertiary/aromatic N) is 1. The first-order valence-corrected chi connectivity index (χ1v) is 10.6. The molecule has 27 heavy (non-hydrogen) atoms. The Hall–Kier alpha value is -1.89. The minimum absolute atomic E-state index is 0.126. The molecule has 1 fully saturated rings. The molecule has 0 bridgehead atoms. The van der Waals surface area contributed by atoms with E-state index >= 15 is 0 Å². The summed E-state index contributed by atoms with van der Waals surface area (Å²) in [4.78, 5) is 12.7. The van der Waals surface area contributed by atoms with Gasteiger partial charge in [-0.3, -0.25) is 4.79 Å². The summed E-state index contributed by atoms with van der Waals surface area (Å²) in [5, 5.41) is 0.458. The average Bonchev–Trinajstić information content (AvgIpc) is 3.13. The van der Waals surface area contributed by atoms with Crippen molar-refractivity contribution in [2.24, 2.45) is 0 Å². The molecular formula is C20H22ClNO4S. The van der Waals surface area contributed by atoms with Gasteiger partial charge >= 0.3 is 5.97 Å². The summed E-state index contributed by atoms with van der Waals surface area (Å²) in [6, 6.07) is 11.1. The van der Waals surface area contributed by atoms with E-state index < -0.39 is 22.0 Å². The first-order valence-electron chi connectivity index (χ1n) is 8.79. The largest absolute Gasteiger partial charge is 0.460 e. The van der Waals surface area contributed by atoms with Crippen LogP contribution in [-0.4, -0.2) is 31.3 Å². The number of rotatable bonds is 5. The lowest BCUT2D eigenvalue weighted by molar-refractivity contribution is -0.148. The lowest BCUT2D eigenvalue weighted by Crippen LogP contribution is -2.41. The molecule has 2 aromatic carbocycles. The molecule has 0 aliphatic carbocycles. The molecule has 1 atom stereocenters. The fourth-order valence-corrected chi connectivity index (χ4v) is 4.98. The van der Waals surface area contributed by atoms with Crippen molar-refractivity contribution in [3.8, 4) is 0 Å². The topological polar surface area (TPSA) is 63.7 Å². The van der Waals surface area contributed by atoms with Crippen LogP contribution >= 0.6 is 11.6 Å². The third kappa shape index (κ3) is 4.34. The second-order valence-electron chi connectivity index (χ2n) is 6.77. The van der Waals surface area contributed by atoms with Gasteiger partial charge in [0.15, 0.2) is 0 Å². The maximum Gasteiger partial charge on any atom is 0.324 e. The zero-order valence-electron chi connectivity index (χ0n) is 15.3. The van der Waals surface area contributed by atoms with Gasteiger partial charge in [0.05, 0.1) is 4.90 Å². The van der Waals surface area contributed by atoms with E-state index in [9.17, 15) is 13.2 Å². The quantitative estimate of drug-likeness (QED) is 0.706. The standard InChI is InChI=1S/C20H22ClNO4S/c1-14-5-6-15(2)16(12-14)13-26-20(23)19-4-3-11-22(19)27(24,25)18-9-7-17(21)8-10-18/h5-10,12,19H,3-4,11,13H2,1-2H3/t19-/m0/s1. The van der Waals surface area contributed by atoms with Crippen LogP contribution in [0.1, 0.15) is 29.5 Å². The molecular weight excluding hydrogens is 386 g/mol. The molecule has 1 heterocycles. The van der Waals surface area contributed by atoms with Crippen LogP contribution in [0.15, 0.2) is 47.4 Å². The lowest BCUT2D eigenvalue weighted by atomic mass is 10.1. The molecule has 1 aliphatic heterocycles. The number of carbonyl (C=O) groups excluding carboxylic acids is 1. The Morgan fingerprint density at radius 2 is 1.89 bits per heavy atom. The van der Waals surface area contributed by atoms with Gasteiger partial charge in [0.2, 0.25) is 10.0 Å². The van der Waals surface area contributed by atoms with Gasteiger partial charge in [-0.2, -0.15) is 4.31 Å². The normalized spacial score (nSPS) is 17.8. The number of benzene rings is 2. The van der Waals surface area contributed by atoms with E-state index in [1.165, 1.54) is 28.6 Å². The Bertz CT molecular complexity index is 941. The first-order chi connectivity index (χ1) is 12.8. The number of sulfonamides is 1. The van der Waals surface area contributed by atoms with Crippen molar-refractivity contribution in [3.05, 3.63) is 64.2 Å². The highest BCUT2D eigenvalue weighted by Gasteiger charge is 2.40. The molecule has 0 aromatic heterocycles. The number of aryl methyl sites for hydroxylation is 2. The number of ether oxygens (including phenoxy) is 1. The molecule has 7 heteroatoms. The molecule has 0 N–H and O–H groups in total. The molecule has 0 unspecified atom stereocenters. The summed E-state index contributed by atoms with van der Waals surface area (Å²) >= 11 is 5.84. The number of hydrogen-bond acceptors (Lipinski definition) is 4. The van der Waals surface area contributed by atoms with Gasteiger partial charge in [-0.15, -0.1) is 0 Å². The molecule has 5 nitrogen and oxygen atoms in total. The summed E-state index contributed by atoms with van der Waals surface area (Å²) in [5.41, 5.74) is 3.04. The van der Waals surface area contributed by atoms with Crippen molar-refractivity contribution in [1.82, 2.24) is 4.31 Å². The van der Waals surface area contributed by atoms with E-state index in [1.807, 2.05) is 32.0 Å². The van der Waals surface area contributed by atoms with Crippen molar-refractivity contribution >= 4 is 27.6 Å². The van der Waals surface area contributed by atoms with Gasteiger partial charge in [0, 0.05) is 11.6 Å². The van der Waals surface area contributed by atoms with Crippen molar-refractivity contribution < 1.29 is 17.9 Å². The Kier molecular flexibility index (Phi) is 5.89. The van der Waals surface area contributed by atoms with E-state index in [4.69, 9.17) is 16.3 Å². The third-order valence-electron chi connectivity index (χ3n) is 4.77. The summed E-state index contributed by atoms with van der Waals surface area (Å²) in [5.74, 6) is -0.508. The highest BCUT2D eigenvalue weighted by atomic mass is 35.5. The van der Waals surface area contributed by atoms with Crippen molar-refractivity contribution in [3.63, 3.8) is 0 Å². The van der Waals surface area contributed by atoms with Crippen LogP contribution in [0.25, 0.3) is 0 Å². The monoisotopic (exact) mass is 407 g/mol. The predicted molar refractivity (Wildman–Crippen MR) is 104 cm³/mol. The van der Waals surface area contributed by atoms with E-state index in [2.05, 4.69) is 0 Å². The number of halogens is 1. The second kappa shape index (κ2) is 8.00. The maximum absolute atomic E-state index is 12.9. The molecule has 144 valence electrons. The SMILES string of the molecule is Cc1ccc(C)c(COC(=O)[C@@H]2CCCN2S(=O)(=O)c2ccc(Cl)cc2)c1. The van der Waals surface area contributed by atoms with E-state index in [1.54, 1.807) is 0 Å². The fourth-order valence-electron chi connectivity index (χ4n) is 3.21. The molecule has 3 rings (SSSR count). The van der Waals surface area contributed by atoms with Gasteiger partial charge in [-0.05, 0) is 62.1 Å². The van der Waals surface area contributed by atoms with Crippen molar-refractivity contribution in [2.75, 3.05) is 6.54 Å². The summed E-state index contributed by atoms with van der Waals surface area (Å²) in [7, 11) is -3.77. The molecule has 1 saturated heterocycles. The van der Waals surface area contributed by atoms with Gasteiger partial charge in [0.25, 0.3) is 0 Å². The molecule has 0 radical (unpaired) electrons. The van der Waals surface area contributed by atoms with E-state index in [-0.39, 0.29) is 11.5 Å². The van der Waals surface area contributed by atoms with Gasteiger partial charge < -0.3 is 4.74 Å². The van der Waals surface area contributed by atoms with Crippen LogP contribution in [0.5, 0.6) is 0 Å². The number of esters is 1. The smallest absolute Gasteiger partial charge is 0.324 e. The van der Waals surface area contributed by atoms with E-state index in [0.717, 1.165) is 16.7 Å². The van der Waals surface area contributed by atoms with Gasteiger partial charge in [0.1, 0.15) is 12.6 Å². The zero-order valence-corrected chi connectivity index (χ0v) is 16.9. The average molecular weight is 408 g/mol. The highest BCUT2D eigenvalue weighted by molar-refractivity contribution is 7.89. The summed E-state index contributed by atoms with van der Waals surface area (Å²) in [6.07, 6.45) is 1.08. The Balaban J connectivity index is 1.74. The molecule has 2 aromatic rings. The van der Waals surface area contributed by atoms with Crippen LogP contribution in [0.2, 0.25) is 5.02 Å². The van der Waals surface area contributed by atoms with Crippen molar-refractivity contribution in [1.29, 1.82) is 0 Å². The van der Waals surface area contributed by atoms with Crippen LogP contribution in [0, 0.1) is 13.8 Å². The summed E-state index contributed by atoms with van der Waals surface area (Å²) in [6.45, 7) is 4.36. The minimum Gasteiger partial charge on any atom is -0.460 e. The summed E-state index contributed by atoms with van der Waals surface area (Å²) < 4.78 is 32.5. The van der Waals surface area contributed by atoms with Crippen LogP contribution < -0.4 is 0 Å². The second-order valence-corrected chi connectivity index (χ2v) is 9.09. The minimum atomic E-state index is -3.77. The Labute approximate surface area is 165 Å². The molecule has 0 spiro atoms.